The summed E-state index contributed by atoms with van der Waals surface area (Å²) >= 11 is 5.83. The van der Waals surface area contributed by atoms with Crippen molar-refractivity contribution in [2.24, 2.45) is 11.8 Å². The summed E-state index contributed by atoms with van der Waals surface area (Å²) in [6.07, 6.45) is -2.90. The van der Waals surface area contributed by atoms with Gasteiger partial charge in [-0.1, -0.05) is 23.8 Å². The van der Waals surface area contributed by atoms with E-state index in [9.17, 15) is 27.9 Å². The second kappa shape index (κ2) is 5.78. The quantitative estimate of drug-likeness (QED) is 0.812. The number of carboxylic acid groups (broad SMARTS) is 1. The summed E-state index contributed by atoms with van der Waals surface area (Å²) in [4.78, 5) is 23.7. The van der Waals surface area contributed by atoms with Crippen molar-refractivity contribution in [2.45, 2.75) is 18.4 Å². The molecule has 3 rings (SSSR count). The molecule has 2 bridgehead atoms. The molecule has 2 heterocycles. The Hall–Kier alpha value is -2.06. The van der Waals surface area contributed by atoms with E-state index >= 15 is 0 Å². The molecule has 0 aromatic heterocycles. The second-order valence-corrected chi connectivity index (χ2v) is 5.93. The Labute approximate surface area is 139 Å². The number of alkyl halides is 3. The van der Waals surface area contributed by atoms with Gasteiger partial charge in [0.1, 0.15) is 5.92 Å². The zero-order chi connectivity index (χ0) is 17.6. The monoisotopic (exact) mass is 361 g/mol. The minimum atomic E-state index is -4.59. The highest BCUT2D eigenvalue weighted by molar-refractivity contribution is 6.33. The Bertz CT molecular complexity index is 734. The first-order valence-electron chi connectivity index (χ1n) is 6.92. The first-order chi connectivity index (χ1) is 11.2. The van der Waals surface area contributed by atoms with Crippen LogP contribution in [0.25, 0.3) is 0 Å². The number of ether oxygens (including phenoxy) is 1. The van der Waals surface area contributed by atoms with Gasteiger partial charge in [-0.3, -0.25) is 9.59 Å². The third-order valence-electron chi connectivity index (χ3n) is 4.04. The van der Waals surface area contributed by atoms with Gasteiger partial charge in [-0.15, -0.1) is 0 Å². The zero-order valence-electron chi connectivity index (χ0n) is 11.9. The molecule has 24 heavy (non-hydrogen) atoms. The molecular weight excluding hydrogens is 351 g/mol. The maximum Gasteiger partial charge on any atom is 0.416 e. The van der Waals surface area contributed by atoms with Crippen molar-refractivity contribution < 1.29 is 32.6 Å². The number of anilines is 1. The molecule has 0 spiro atoms. The topological polar surface area (TPSA) is 75.6 Å². The summed E-state index contributed by atoms with van der Waals surface area (Å²) in [6, 6.07) is 2.52. The molecule has 1 fully saturated rings. The van der Waals surface area contributed by atoms with Crippen LogP contribution in [0.5, 0.6) is 0 Å². The number of rotatable bonds is 3. The van der Waals surface area contributed by atoms with E-state index in [1.807, 2.05) is 0 Å². The average molecular weight is 362 g/mol. The van der Waals surface area contributed by atoms with Gasteiger partial charge >= 0.3 is 12.1 Å². The fourth-order valence-corrected chi connectivity index (χ4v) is 3.09. The van der Waals surface area contributed by atoms with E-state index in [0.717, 1.165) is 12.1 Å². The van der Waals surface area contributed by atoms with Crippen molar-refractivity contribution in [1.82, 2.24) is 0 Å². The molecule has 4 atom stereocenters. The van der Waals surface area contributed by atoms with Crippen LogP contribution in [0.3, 0.4) is 0 Å². The van der Waals surface area contributed by atoms with E-state index in [-0.39, 0.29) is 10.7 Å². The van der Waals surface area contributed by atoms with Crippen LogP contribution in [0.4, 0.5) is 18.9 Å². The molecule has 2 N–H and O–H groups in total. The Morgan fingerprint density at radius 3 is 2.38 bits per heavy atom. The summed E-state index contributed by atoms with van der Waals surface area (Å²) in [6.45, 7) is 0. The van der Waals surface area contributed by atoms with Gasteiger partial charge in [0.25, 0.3) is 0 Å². The van der Waals surface area contributed by atoms with Crippen molar-refractivity contribution in [3.63, 3.8) is 0 Å². The highest BCUT2D eigenvalue weighted by Crippen LogP contribution is 2.40. The van der Waals surface area contributed by atoms with Crippen LogP contribution in [0.15, 0.2) is 30.4 Å². The van der Waals surface area contributed by atoms with Crippen LogP contribution < -0.4 is 5.32 Å². The molecule has 2 aliphatic rings. The smallest absolute Gasteiger partial charge is 0.416 e. The van der Waals surface area contributed by atoms with Gasteiger partial charge < -0.3 is 15.2 Å². The Morgan fingerprint density at radius 1 is 1.17 bits per heavy atom. The van der Waals surface area contributed by atoms with Gasteiger partial charge in [-0.05, 0) is 18.2 Å². The number of carbonyl (C=O) groups excluding carboxylic acids is 1. The molecule has 5 nitrogen and oxygen atoms in total. The fourth-order valence-electron chi connectivity index (χ4n) is 2.93. The first-order valence-corrected chi connectivity index (χ1v) is 7.30. The number of carboxylic acids is 1. The van der Waals surface area contributed by atoms with Crippen molar-refractivity contribution in [3.05, 3.63) is 40.9 Å². The predicted octanol–water partition coefficient (Wildman–Crippen LogP) is 2.95. The fraction of sp³-hybridized carbons (Fsp3) is 0.333. The summed E-state index contributed by atoms with van der Waals surface area (Å²) in [5.74, 6) is -4.09. The Morgan fingerprint density at radius 2 is 1.79 bits per heavy atom. The van der Waals surface area contributed by atoms with Gasteiger partial charge in [-0.25, -0.2) is 0 Å². The zero-order valence-corrected chi connectivity index (χ0v) is 12.6. The predicted molar refractivity (Wildman–Crippen MR) is 77.5 cm³/mol. The van der Waals surface area contributed by atoms with E-state index in [1.165, 1.54) is 0 Å². The molecule has 0 saturated carbocycles. The van der Waals surface area contributed by atoms with E-state index in [4.69, 9.17) is 16.3 Å². The maximum atomic E-state index is 12.8. The summed E-state index contributed by atoms with van der Waals surface area (Å²) in [7, 11) is 0. The van der Waals surface area contributed by atoms with Gasteiger partial charge in [-0.2, -0.15) is 13.2 Å². The van der Waals surface area contributed by atoms with Crippen molar-refractivity contribution in [2.75, 3.05) is 5.32 Å². The molecule has 1 aromatic carbocycles. The van der Waals surface area contributed by atoms with Gasteiger partial charge in [0.2, 0.25) is 5.91 Å². The van der Waals surface area contributed by atoms with Gasteiger partial charge in [0.05, 0.1) is 34.4 Å². The molecule has 128 valence electrons. The molecule has 0 unspecified atom stereocenters. The van der Waals surface area contributed by atoms with Crippen LogP contribution in [-0.2, 0) is 20.5 Å². The Balaban J connectivity index is 1.85. The normalized spacial score (nSPS) is 28.2. The third kappa shape index (κ3) is 2.87. The lowest BCUT2D eigenvalue weighted by molar-refractivity contribution is -0.145. The molecule has 9 heteroatoms. The molecule has 2 aliphatic heterocycles. The molecule has 0 aliphatic carbocycles. The van der Waals surface area contributed by atoms with Gasteiger partial charge in [0.15, 0.2) is 0 Å². The van der Waals surface area contributed by atoms with Crippen LogP contribution in [0.2, 0.25) is 5.02 Å². The summed E-state index contributed by atoms with van der Waals surface area (Å²) in [5.41, 5.74) is -1.20. The molecular formula is C15H11ClF3NO4. The number of carbonyl (C=O) groups is 2. The summed E-state index contributed by atoms with van der Waals surface area (Å²) < 4.78 is 43.7. The van der Waals surface area contributed by atoms with Crippen LogP contribution in [0, 0.1) is 11.8 Å². The Kier molecular flexibility index (Phi) is 4.05. The van der Waals surface area contributed by atoms with E-state index in [1.54, 1.807) is 12.2 Å². The minimum Gasteiger partial charge on any atom is -0.481 e. The van der Waals surface area contributed by atoms with Crippen LogP contribution in [0.1, 0.15) is 5.56 Å². The number of aliphatic carboxylic acids is 1. The van der Waals surface area contributed by atoms with Crippen molar-refractivity contribution in [3.8, 4) is 0 Å². The van der Waals surface area contributed by atoms with Gasteiger partial charge in [0, 0.05) is 0 Å². The van der Waals surface area contributed by atoms with E-state index in [0.29, 0.717) is 6.07 Å². The lowest BCUT2D eigenvalue weighted by Gasteiger charge is -2.21. The van der Waals surface area contributed by atoms with Crippen LogP contribution >= 0.6 is 11.6 Å². The number of amides is 1. The van der Waals surface area contributed by atoms with Crippen LogP contribution in [-0.4, -0.2) is 29.2 Å². The lowest BCUT2D eigenvalue weighted by Crippen LogP contribution is -2.39. The standard InChI is InChI=1S/C15H11ClF3NO4/c16-7-2-1-6(15(17,18)19)5-8(7)20-13(21)11-9-3-4-10(24-9)12(11)14(22)23/h1-5,9-12H,(H,20,21)(H,22,23)/t9-,10+,11+,12-/m0/s1. The highest BCUT2D eigenvalue weighted by Gasteiger charge is 2.53. The first kappa shape index (κ1) is 16.8. The van der Waals surface area contributed by atoms with E-state index < -0.39 is 47.7 Å². The number of benzene rings is 1. The van der Waals surface area contributed by atoms with E-state index in [2.05, 4.69) is 5.32 Å². The highest BCUT2D eigenvalue weighted by atomic mass is 35.5. The number of nitrogens with one attached hydrogen (secondary N) is 1. The summed E-state index contributed by atoms with van der Waals surface area (Å²) in [5, 5.41) is 11.5. The molecule has 1 saturated heterocycles. The molecule has 1 amide bonds. The minimum absolute atomic E-state index is 0.0807. The number of hydrogen-bond acceptors (Lipinski definition) is 3. The molecule has 1 aromatic rings. The SMILES string of the molecule is O=C(O)[C@@H]1[C@H](C(=O)Nc2cc(C(F)(F)F)ccc2Cl)[C@@H]2C=C[C@H]1O2. The maximum absolute atomic E-state index is 12.8. The number of fused-ring (bicyclic) bond motifs is 2. The average Bonchev–Trinajstić information content (AvgIpc) is 3.08. The number of hydrogen-bond donors (Lipinski definition) is 2. The van der Waals surface area contributed by atoms with Crippen molar-refractivity contribution in [1.29, 1.82) is 0 Å². The number of halogens is 4. The molecule has 0 radical (unpaired) electrons. The van der Waals surface area contributed by atoms with Crippen molar-refractivity contribution >= 4 is 29.2 Å². The second-order valence-electron chi connectivity index (χ2n) is 5.52. The lowest BCUT2D eigenvalue weighted by atomic mass is 9.82. The third-order valence-corrected chi connectivity index (χ3v) is 4.37. The largest absolute Gasteiger partial charge is 0.481 e.